The van der Waals surface area contributed by atoms with E-state index in [1.807, 2.05) is 0 Å². The predicted molar refractivity (Wildman–Crippen MR) is 81.7 cm³/mol. The molecule has 0 unspecified atom stereocenters. The van der Waals surface area contributed by atoms with Gasteiger partial charge in [-0.3, -0.25) is 0 Å². The topological polar surface area (TPSA) is 20.2 Å². The van der Waals surface area contributed by atoms with Crippen LogP contribution in [-0.4, -0.2) is 11.2 Å². The summed E-state index contributed by atoms with van der Waals surface area (Å²) in [6.45, 7) is 2.30. The number of hydrogen-bond acceptors (Lipinski definition) is 1. The van der Waals surface area contributed by atoms with Crippen LogP contribution in [0.4, 0.5) is 0 Å². The monoisotopic (exact) mass is 270 g/mol. The first-order chi connectivity index (χ1) is 9.76. The van der Waals surface area contributed by atoms with Crippen LogP contribution >= 0.6 is 0 Å². The van der Waals surface area contributed by atoms with E-state index in [1.165, 1.54) is 38.5 Å². The SMILES string of the molecule is CC[C@@]12CC[C@@H]3c4ccccc4CC[C@H]3[C@@H]1CC[C@@H]2O. The van der Waals surface area contributed by atoms with Crippen LogP contribution in [0.5, 0.6) is 0 Å². The normalized spacial score (nSPS) is 42.7. The highest BCUT2D eigenvalue weighted by Gasteiger charge is 2.55. The highest BCUT2D eigenvalue weighted by Crippen LogP contribution is 2.62. The highest BCUT2D eigenvalue weighted by molar-refractivity contribution is 5.35. The zero-order valence-corrected chi connectivity index (χ0v) is 12.5. The summed E-state index contributed by atoms with van der Waals surface area (Å²) in [5.74, 6) is 2.38. The third-order valence-electron chi connectivity index (χ3n) is 6.97. The molecule has 108 valence electrons. The van der Waals surface area contributed by atoms with Gasteiger partial charge >= 0.3 is 0 Å². The summed E-state index contributed by atoms with van der Waals surface area (Å²) in [5.41, 5.74) is 3.49. The summed E-state index contributed by atoms with van der Waals surface area (Å²) in [5, 5.41) is 10.6. The Morgan fingerprint density at radius 3 is 2.85 bits per heavy atom. The standard InChI is InChI=1S/C19H26O/c1-2-19-12-11-15-14-6-4-3-5-13(14)7-8-16(15)17(19)9-10-18(19)20/h3-6,15-18,20H,2,7-12H2,1H3/t15-,16-,17+,18+,19-/m1/s1. The van der Waals surface area contributed by atoms with E-state index in [0.29, 0.717) is 0 Å². The van der Waals surface area contributed by atoms with Gasteiger partial charge in [-0.15, -0.1) is 0 Å². The molecule has 0 aliphatic heterocycles. The molecule has 0 saturated heterocycles. The maximum absolute atomic E-state index is 10.6. The molecule has 1 N–H and O–H groups in total. The lowest BCUT2D eigenvalue weighted by Crippen LogP contribution is -2.45. The second kappa shape index (κ2) is 4.59. The number of fused-ring (bicyclic) bond motifs is 5. The van der Waals surface area contributed by atoms with Crippen LogP contribution in [0.1, 0.15) is 62.5 Å². The molecule has 2 saturated carbocycles. The van der Waals surface area contributed by atoms with Crippen molar-refractivity contribution in [3.8, 4) is 0 Å². The van der Waals surface area contributed by atoms with Crippen LogP contribution < -0.4 is 0 Å². The molecule has 0 heterocycles. The molecule has 1 heteroatoms. The van der Waals surface area contributed by atoms with Crippen molar-refractivity contribution < 1.29 is 5.11 Å². The Balaban J connectivity index is 1.72. The molecule has 0 bridgehead atoms. The number of hydrogen-bond donors (Lipinski definition) is 1. The van der Waals surface area contributed by atoms with E-state index in [-0.39, 0.29) is 11.5 Å². The van der Waals surface area contributed by atoms with Crippen LogP contribution in [0, 0.1) is 17.3 Å². The van der Waals surface area contributed by atoms with Crippen molar-refractivity contribution >= 4 is 0 Å². The minimum Gasteiger partial charge on any atom is -0.393 e. The fourth-order valence-corrected chi connectivity index (χ4v) is 5.98. The van der Waals surface area contributed by atoms with Crippen LogP contribution in [0.3, 0.4) is 0 Å². The number of aliphatic hydroxyl groups excluding tert-OH is 1. The van der Waals surface area contributed by atoms with E-state index >= 15 is 0 Å². The molecular weight excluding hydrogens is 244 g/mol. The summed E-state index contributed by atoms with van der Waals surface area (Å²) < 4.78 is 0. The van der Waals surface area contributed by atoms with E-state index in [4.69, 9.17) is 0 Å². The van der Waals surface area contributed by atoms with Gasteiger partial charge in [-0.05, 0) is 79.2 Å². The zero-order valence-electron chi connectivity index (χ0n) is 12.5. The van der Waals surface area contributed by atoms with Crippen LogP contribution in [0.25, 0.3) is 0 Å². The summed E-state index contributed by atoms with van der Waals surface area (Å²) in [4.78, 5) is 0. The minimum atomic E-state index is -0.0318. The predicted octanol–water partition coefficient (Wildman–Crippen LogP) is 4.29. The van der Waals surface area contributed by atoms with Crippen molar-refractivity contribution in [3.63, 3.8) is 0 Å². The lowest BCUT2D eigenvalue weighted by Gasteiger charge is -2.51. The average Bonchev–Trinajstić information content (AvgIpc) is 2.85. The Bertz CT molecular complexity index is 508. The van der Waals surface area contributed by atoms with Crippen LogP contribution in [-0.2, 0) is 6.42 Å². The van der Waals surface area contributed by atoms with Gasteiger partial charge in [0.1, 0.15) is 0 Å². The van der Waals surface area contributed by atoms with Gasteiger partial charge in [-0.25, -0.2) is 0 Å². The molecule has 4 rings (SSSR count). The molecule has 0 radical (unpaired) electrons. The smallest absolute Gasteiger partial charge is 0.0599 e. The van der Waals surface area contributed by atoms with Gasteiger partial charge in [0.2, 0.25) is 0 Å². The third-order valence-corrected chi connectivity index (χ3v) is 6.97. The lowest BCUT2D eigenvalue weighted by atomic mass is 9.54. The Labute approximate surface area is 122 Å². The summed E-state index contributed by atoms with van der Waals surface area (Å²) in [6, 6.07) is 9.11. The Kier molecular flexibility index (Phi) is 2.96. The second-order valence-electron chi connectivity index (χ2n) is 7.33. The van der Waals surface area contributed by atoms with Crippen molar-refractivity contribution in [1.29, 1.82) is 0 Å². The van der Waals surface area contributed by atoms with Crippen molar-refractivity contribution in [1.82, 2.24) is 0 Å². The van der Waals surface area contributed by atoms with E-state index in [9.17, 15) is 5.11 Å². The lowest BCUT2D eigenvalue weighted by molar-refractivity contribution is -0.0394. The van der Waals surface area contributed by atoms with Crippen molar-refractivity contribution in [2.24, 2.45) is 17.3 Å². The first kappa shape index (κ1) is 12.9. The first-order valence-electron chi connectivity index (χ1n) is 8.52. The zero-order chi connectivity index (χ0) is 13.7. The Hall–Kier alpha value is -0.820. The Morgan fingerprint density at radius 2 is 2.00 bits per heavy atom. The van der Waals surface area contributed by atoms with Gasteiger partial charge in [-0.1, -0.05) is 31.2 Å². The van der Waals surface area contributed by atoms with Gasteiger partial charge < -0.3 is 5.11 Å². The molecule has 2 fully saturated rings. The van der Waals surface area contributed by atoms with Gasteiger partial charge in [0.05, 0.1) is 6.10 Å². The molecule has 0 amide bonds. The van der Waals surface area contributed by atoms with Crippen LogP contribution in [0.15, 0.2) is 24.3 Å². The van der Waals surface area contributed by atoms with Gasteiger partial charge in [-0.2, -0.15) is 0 Å². The number of rotatable bonds is 1. The molecule has 3 aliphatic carbocycles. The van der Waals surface area contributed by atoms with Gasteiger partial charge in [0, 0.05) is 0 Å². The van der Waals surface area contributed by atoms with Crippen LogP contribution in [0.2, 0.25) is 0 Å². The van der Waals surface area contributed by atoms with E-state index < -0.39 is 0 Å². The van der Waals surface area contributed by atoms with Gasteiger partial charge in [0.25, 0.3) is 0 Å². The molecule has 1 nitrogen and oxygen atoms in total. The minimum absolute atomic E-state index is 0.0318. The third kappa shape index (κ3) is 1.59. The summed E-state index contributed by atoms with van der Waals surface area (Å²) in [7, 11) is 0. The molecule has 5 atom stereocenters. The quantitative estimate of drug-likeness (QED) is 0.807. The van der Waals surface area contributed by atoms with E-state index in [1.54, 1.807) is 11.1 Å². The summed E-state index contributed by atoms with van der Waals surface area (Å²) >= 11 is 0. The maximum atomic E-state index is 10.6. The largest absolute Gasteiger partial charge is 0.393 e. The second-order valence-corrected chi connectivity index (χ2v) is 7.33. The summed E-state index contributed by atoms with van der Waals surface area (Å²) in [6.07, 6.45) is 8.58. The molecule has 20 heavy (non-hydrogen) atoms. The van der Waals surface area contributed by atoms with Crippen molar-refractivity contribution in [3.05, 3.63) is 35.4 Å². The van der Waals surface area contributed by atoms with E-state index in [2.05, 4.69) is 31.2 Å². The fraction of sp³-hybridized carbons (Fsp3) is 0.684. The molecule has 0 spiro atoms. The number of aliphatic hydroxyl groups is 1. The number of aryl methyl sites for hydroxylation is 1. The first-order valence-corrected chi connectivity index (χ1v) is 8.52. The average molecular weight is 270 g/mol. The van der Waals surface area contributed by atoms with Crippen molar-refractivity contribution in [2.75, 3.05) is 0 Å². The molecular formula is C19H26O. The van der Waals surface area contributed by atoms with Gasteiger partial charge in [0.15, 0.2) is 0 Å². The molecule has 0 aromatic heterocycles. The van der Waals surface area contributed by atoms with E-state index in [0.717, 1.165) is 24.2 Å². The fourth-order valence-electron chi connectivity index (χ4n) is 5.98. The maximum Gasteiger partial charge on any atom is 0.0599 e. The molecule has 1 aromatic rings. The van der Waals surface area contributed by atoms with Crippen molar-refractivity contribution in [2.45, 2.75) is 63.9 Å². The Morgan fingerprint density at radius 1 is 1.15 bits per heavy atom. The molecule has 3 aliphatic rings. The highest BCUT2D eigenvalue weighted by atomic mass is 16.3. The number of benzene rings is 1. The molecule has 1 aromatic carbocycles.